The molecule has 1 N–H and O–H groups in total. The fourth-order valence-corrected chi connectivity index (χ4v) is 2.78. The Kier molecular flexibility index (Phi) is 4.15. The third-order valence-corrected chi connectivity index (χ3v) is 3.94. The predicted octanol–water partition coefficient (Wildman–Crippen LogP) is 3.66. The van der Waals surface area contributed by atoms with E-state index in [1.165, 1.54) is 4.90 Å². The number of amides is 1. The molecule has 0 bridgehead atoms. The molecule has 0 unspecified atom stereocenters. The molecular formula is C16H15ClN2O3. The minimum absolute atomic E-state index is 0.235. The molecule has 114 valence electrons. The van der Waals surface area contributed by atoms with Gasteiger partial charge in [0.15, 0.2) is 0 Å². The summed E-state index contributed by atoms with van der Waals surface area (Å²) in [4.78, 5) is 17.0. The number of nitrogens with zero attached hydrogens (tertiary/aromatic N) is 2. The fraction of sp³-hybridized carbons (Fsp3) is 0.250. The van der Waals surface area contributed by atoms with Gasteiger partial charge in [0.05, 0.1) is 13.2 Å². The maximum Gasteiger partial charge on any atom is 0.407 e. The Morgan fingerprint density at radius 2 is 2.09 bits per heavy atom. The van der Waals surface area contributed by atoms with E-state index >= 15 is 0 Å². The average molecular weight is 319 g/mol. The first-order valence-corrected chi connectivity index (χ1v) is 7.38. The first-order chi connectivity index (χ1) is 10.7. The number of pyridine rings is 1. The lowest BCUT2D eigenvalue weighted by Gasteiger charge is -2.25. The number of aromatic nitrogens is 1. The molecule has 0 aliphatic carbocycles. The molecule has 0 fully saturated rings. The molecule has 0 spiro atoms. The molecule has 3 rings (SSSR count). The number of halogens is 1. The lowest BCUT2D eigenvalue weighted by molar-refractivity contribution is 0.133. The first kappa shape index (κ1) is 14.7. The number of hydrogen-bond acceptors (Lipinski definition) is 3. The summed E-state index contributed by atoms with van der Waals surface area (Å²) < 4.78 is 5.68. The molecule has 22 heavy (non-hydrogen) atoms. The van der Waals surface area contributed by atoms with Gasteiger partial charge in [0.25, 0.3) is 0 Å². The monoisotopic (exact) mass is 318 g/mol. The Morgan fingerprint density at radius 3 is 2.86 bits per heavy atom. The van der Waals surface area contributed by atoms with E-state index in [1.54, 1.807) is 6.20 Å². The number of rotatable bonds is 1. The van der Waals surface area contributed by atoms with Crippen LogP contribution >= 0.6 is 11.6 Å². The van der Waals surface area contributed by atoms with Gasteiger partial charge < -0.3 is 14.7 Å². The van der Waals surface area contributed by atoms with E-state index < -0.39 is 6.09 Å². The number of fused-ring (bicyclic) bond motifs is 1. The Hall–Kier alpha value is -2.27. The summed E-state index contributed by atoms with van der Waals surface area (Å²) in [5.41, 5.74) is 2.44. The van der Waals surface area contributed by atoms with Gasteiger partial charge in [0.2, 0.25) is 5.88 Å². The van der Waals surface area contributed by atoms with Gasteiger partial charge in [0, 0.05) is 28.9 Å². The van der Waals surface area contributed by atoms with Crippen LogP contribution in [-0.4, -0.2) is 34.2 Å². The van der Waals surface area contributed by atoms with Crippen LogP contribution in [0.1, 0.15) is 12.0 Å². The number of benzene rings is 1. The lowest BCUT2D eigenvalue weighted by Crippen LogP contribution is -2.32. The van der Waals surface area contributed by atoms with Gasteiger partial charge in [-0.15, -0.1) is 0 Å². The van der Waals surface area contributed by atoms with Gasteiger partial charge in [-0.3, -0.25) is 0 Å². The zero-order valence-electron chi connectivity index (χ0n) is 11.8. The molecule has 0 radical (unpaired) electrons. The van der Waals surface area contributed by atoms with Crippen LogP contribution in [0, 0.1) is 0 Å². The minimum Gasteiger partial charge on any atom is -0.477 e. The van der Waals surface area contributed by atoms with Crippen molar-refractivity contribution < 1.29 is 14.6 Å². The van der Waals surface area contributed by atoms with E-state index in [0.717, 1.165) is 16.7 Å². The Labute approximate surface area is 133 Å². The van der Waals surface area contributed by atoms with Crippen molar-refractivity contribution in [3.8, 4) is 17.0 Å². The third kappa shape index (κ3) is 2.85. The molecule has 6 heteroatoms. The van der Waals surface area contributed by atoms with Gasteiger partial charge in [0.1, 0.15) is 0 Å². The minimum atomic E-state index is -0.943. The second-order valence-electron chi connectivity index (χ2n) is 5.03. The fourth-order valence-electron chi connectivity index (χ4n) is 2.54. The van der Waals surface area contributed by atoms with Gasteiger partial charge in [-0.05, 0) is 24.1 Å². The van der Waals surface area contributed by atoms with E-state index in [9.17, 15) is 9.90 Å². The zero-order chi connectivity index (χ0) is 15.5. The highest BCUT2D eigenvalue weighted by Crippen LogP contribution is 2.35. The molecule has 1 amide bonds. The SMILES string of the molecule is O=C(O)N1CCCOc2nccc(-c3ccccc3Cl)c2C1. The summed E-state index contributed by atoms with van der Waals surface area (Å²) in [6.45, 7) is 1.11. The summed E-state index contributed by atoms with van der Waals surface area (Å²) in [5.74, 6) is 0.475. The van der Waals surface area contributed by atoms with E-state index in [4.69, 9.17) is 16.3 Å². The van der Waals surface area contributed by atoms with Crippen molar-refractivity contribution in [3.05, 3.63) is 47.1 Å². The van der Waals surface area contributed by atoms with Gasteiger partial charge in [-0.2, -0.15) is 0 Å². The van der Waals surface area contributed by atoms with Gasteiger partial charge >= 0.3 is 6.09 Å². The standard InChI is InChI=1S/C16H15ClN2O3/c17-14-5-2-1-4-12(14)11-6-7-18-15-13(11)10-19(16(20)21)8-3-9-22-15/h1-2,4-7H,3,8-10H2,(H,20,21). The maximum atomic E-state index is 11.4. The van der Waals surface area contributed by atoms with Crippen LogP contribution < -0.4 is 4.74 Å². The number of carboxylic acid groups (broad SMARTS) is 1. The molecule has 0 saturated carbocycles. The average Bonchev–Trinajstić information content (AvgIpc) is 2.48. The smallest absolute Gasteiger partial charge is 0.407 e. The molecule has 1 aliphatic rings. The van der Waals surface area contributed by atoms with Gasteiger partial charge in [-0.25, -0.2) is 9.78 Å². The van der Waals surface area contributed by atoms with E-state index in [0.29, 0.717) is 30.5 Å². The number of ether oxygens (including phenoxy) is 1. The van der Waals surface area contributed by atoms with Crippen LogP contribution in [-0.2, 0) is 6.54 Å². The molecule has 1 aromatic heterocycles. The van der Waals surface area contributed by atoms with Crippen LogP contribution in [0.3, 0.4) is 0 Å². The van der Waals surface area contributed by atoms with Crippen molar-refractivity contribution in [1.29, 1.82) is 0 Å². The van der Waals surface area contributed by atoms with Crippen LogP contribution in [0.4, 0.5) is 4.79 Å². The van der Waals surface area contributed by atoms with Crippen molar-refractivity contribution >= 4 is 17.7 Å². The highest BCUT2D eigenvalue weighted by molar-refractivity contribution is 6.33. The Morgan fingerprint density at radius 1 is 1.27 bits per heavy atom. The maximum absolute atomic E-state index is 11.4. The quantitative estimate of drug-likeness (QED) is 0.871. The summed E-state index contributed by atoms with van der Waals surface area (Å²) in [7, 11) is 0. The summed E-state index contributed by atoms with van der Waals surface area (Å²) in [5, 5.41) is 9.95. The molecule has 2 heterocycles. The Bertz CT molecular complexity index is 706. The highest BCUT2D eigenvalue weighted by Gasteiger charge is 2.22. The Balaban J connectivity index is 2.11. The topological polar surface area (TPSA) is 62.7 Å². The summed E-state index contributed by atoms with van der Waals surface area (Å²) >= 11 is 6.28. The summed E-state index contributed by atoms with van der Waals surface area (Å²) in [6.07, 6.45) is 1.36. The molecule has 2 aromatic rings. The van der Waals surface area contributed by atoms with Crippen molar-refractivity contribution in [1.82, 2.24) is 9.88 Å². The predicted molar refractivity (Wildman–Crippen MR) is 83.2 cm³/mol. The zero-order valence-corrected chi connectivity index (χ0v) is 12.6. The first-order valence-electron chi connectivity index (χ1n) is 7.00. The second-order valence-corrected chi connectivity index (χ2v) is 5.44. The third-order valence-electron chi connectivity index (χ3n) is 3.61. The van der Waals surface area contributed by atoms with Crippen LogP contribution in [0.2, 0.25) is 5.02 Å². The molecule has 5 nitrogen and oxygen atoms in total. The summed E-state index contributed by atoms with van der Waals surface area (Å²) in [6, 6.07) is 9.30. The normalized spacial score (nSPS) is 14.5. The van der Waals surface area contributed by atoms with E-state index in [2.05, 4.69) is 4.98 Å². The number of hydrogen-bond donors (Lipinski definition) is 1. The van der Waals surface area contributed by atoms with E-state index in [1.807, 2.05) is 30.3 Å². The molecule has 1 aliphatic heterocycles. The molecule has 0 saturated heterocycles. The van der Waals surface area contributed by atoms with Crippen LogP contribution in [0.25, 0.3) is 11.1 Å². The molecular weight excluding hydrogens is 304 g/mol. The van der Waals surface area contributed by atoms with Crippen molar-refractivity contribution in [3.63, 3.8) is 0 Å². The van der Waals surface area contributed by atoms with Gasteiger partial charge in [-0.1, -0.05) is 29.8 Å². The highest BCUT2D eigenvalue weighted by atomic mass is 35.5. The lowest BCUT2D eigenvalue weighted by atomic mass is 10.0. The largest absolute Gasteiger partial charge is 0.477 e. The van der Waals surface area contributed by atoms with Crippen molar-refractivity contribution in [2.24, 2.45) is 0 Å². The molecule has 0 atom stereocenters. The van der Waals surface area contributed by atoms with Crippen LogP contribution in [0.15, 0.2) is 36.5 Å². The van der Waals surface area contributed by atoms with E-state index in [-0.39, 0.29) is 6.54 Å². The second kappa shape index (κ2) is 6.23. The number of carbonyl (C=O) groups is 1. The molecule has 1 aromatic carbocycles. The van der Waals surface area contributed by atoms with Crippen molar-refractivity contribution in [2.75, 3.05) is 13.2 Å². The van der Waals surface area contributed by atoms with Crippen LogP contribution in [0.5, 0.6) is 5.88 Å². The van der Waals surface area contributed by atoms with Crippen molar-refractivity contribution in [2.45, 2.75) is 13.0 Å².